The fourth-order valence-electron chi connectivity index (χ4n) is 3.21. The van der Waals surface area contributed by atoms with Crippen LogP contribution in [0.2, 0.25) is 5.02 Å². The van der Waals surface area contributed by atoms with Gasteiger partial charge in [0.2, 0.25) is 5.91 Å². The van der Waals surface area contributed by atoms with Crippen LogP contribution in [0.4, 0.5) is 9.52 Å². The van der Waals surface area contributed by atoms with Crippen LogP contribution in [-0.2, 0) is 11.3 Å². The van der Waals surface area contributed by atoms with Crippen molar-refractivity contribution in [1.29, 1.82) is 0 Å². The lowest BCUT2D eigenvalue weighted by atomic mass is 10.2. The molecule has 0 aliphatic carbocycles. The molecule has 4 aromatic rings. The molecule has 31 heavy (non-hydrogen) atoms. The number of rotatable bonds is 7. The zero-order valence-electron chi connectivity index (χ0n) is 16.8. The van der Waals surface area contributed by atoms with Gasteiger partial charge in [-0.3, -0.25) is 9.69 Å². The Kier molecular flexibility index (Phi) is 6.90. The molecule has 3 aromatic carbocycles. The Bertz CT molecular complexity index is 1200. The van der Waals surface area contributed by atoms with Gasteiger partial charge in [0.1, 0.15) is 5.82 Å². The summed E-state index contributed by atoms with van der Waals surface area (Å²) in [6.07, 6.45) is 0.352. The number of anilines is 1. The number of halogens is 2. The van der Waals surface area contributed by atoms with E-state index in [1.165, 1.54) is 35.2 Å². The summed E-state index contributed by atoms with van der Waals surface area (Å²) in [6, 6.07) is 20.0. The van der Waals surface area contributed by atoms with Gasteiger partial charge in [0, 0.05) is 22.1 Å². The van der Waals surface area contributed by atoms with Crippen molar-refractivity contribution in [2.45, 2.75) is 24.8 Å². The van der Waals surface area contributed by atoms with Crippen molar-refractivity contribution in [1.82, 2.24) is 4.98 Å². The molecular weight excluding hydrogens is 451 g/mol. The minimum atomic E-state index is -0.263. The molecule has 0 fully saturated rings. The predicted octanol–water partition coefficient (Wildman–Crippen LogP) is 7.11. The summed E-state index contributed by atoms with van der Waals surface area (Å²) >= 11 is 9.22. The van der Waals surface area contributed by atoms with E-state index in [1.54, 1.807) is 17.0 Å². The molecule has 7 heteroatoms. The van der Waals surface area contributed by atoms with Gasteiger partial charge in [0.15, 0.2) is 5.13 Å². The molecule has 0 saturated heterocycles. The maximum Gasteiger partial charge on any atom is 0.229 e. The number of carbonyl (C=O) groups is 1. The van der Waals surface area contributed by atoms with E-state index in [1.807, 2.05) is 49.4 Å². The molecule has 0 N–H and O–H groups in total. The minimum Gasteiger partial charge on any atom is -0.284 e. The van der Waals surface area contributed by atoms with Gasteiger partial charge >= 0.3 is 0 Å². The van der Waals surface area contributed by atoms with E-state index in [4.69, 9.17) is 16.6 Å². The van der Waals surface area contributed by atoms with Crippen molar-refractivity contribution in [3.8, 4) is 0 Å². The Labute approximate surface area is 193 Å². The summed E-state index contributed by atoms with van der Waals surface area (Å²) in [4.78, 5) is 20.7. The molecule has 1 aromatic heterocycles. The fourth-order valence-corrected chi connectivity index (χ4v) is 5.49. The van der Waals surface area contributed by atoms with Gasteiger partial charge in [0.05, 0.1) is 16.8 Å². The molecule has 1 amide bonds. The maximum atomic E-state index is 13.2. The Morgan fingerprint density at radius 3 is 2.61 bits per heavy atom. The third-order valence-electron chi connectivity index (χ3n) is 4.75. The number of hydrogen-bond acceptors (Lipinski definition) is 4. The maximum absolute atomic E-state index is 13.2. The van der Waals surface area contributed by atoms with E-state index in [9.17, 15) is 9.18 Å². The van der Waals surface area contributed by atoms with E-state index in [0.717, 1.165) is 26.2 Å². The van der Waals surface area contributed by atoms with Crippen LogP contribution >= 0.6 is 34.7 Å². The standard InChI is InChI=1S/C24H20ClFN2OS2/c1-16-13-18(25)14-21-23(16)27-24(31-21)28(15-17-5-3-2-4-6-17)22(29)11-12-30-20-9-7-19(26)8-10-20/h2-10,13-14H,11-12,15H2,1H3. The number of benzene rings is 3. The Morgan fingerprint density at radius 1 is 1.13 bits per heavy atom. The van der Waals surface area contributed by atoms with E-state index in [0.29, 0.717) is 28.9 Å². The second-order valence-electron chi connectivity index (χ2n) is 7.08. The molecule has 0 radical (unpaired) electrons. The molecule has 0 bridgehead atoms. The molecule has 0 unspecified atom stereocenters. The minimum absolute atomic E-state index is 0.00118. The summed E-state index contributed by atoms with van der Waals surface area (Å²) in [5.74, 6) is 0.341. The lowest BCUT2D eigenvalue weighted by Gasteiger charge is -2.20. The summed E-state index contributed by atoms with van der Waals surface area (Å²) in [6.45, 7) is 2.42. The lowest BCUT2D eigenvalue weighted by Crippen LogP contribution is -2.30. The van der Waals surface area contributed by atoms with Crippen LogP contribution in [0.15, 0.2) is 71.6 Å². The summed E-state index contributed by atoms with van der Waals surface area (Å²) < 4.78 is 14.1. The summed E-state index contributed by atoms with van der Waals surface area (Å²) in [5.41, 5.74) is 2.90. The SMILES string of the molecule is Cc1cc(Cl)cc2sc(N(Cc3ccccc3)C(=O)CCSc3ccc(F)cc3)nc12. The van der Waals surface area contributed by atoms with Crippen molar-refractivity contribution < 1.29 is 9.18 Å². The first kappa shape index (κ1) is 21.8. The van der Waals surface area contributed by atoms with E-state index in [2.05, 4.69) is 0 Å². The highest BCUT2D eigenvalue weighted by Gasteiger charge is 2.21. The molecule has 0 atom stereocenters. The van der Waals surface area contributed by atoms with Gasteiger partial charge in [-0.1, -0.05) is 53.3 Å². The first-order chi connectivity index (χ1) is 15.0. The first-order valence-corrected chi connectivity index (χ1v) is 12.0. The van der Waals surface area contributed by atoms with Gasteiger partial charge in [0.25, 0.3) is 0 Å². The molecule has 0 saturated carbocycles. The smallest absolute Gasteiger partial charge is 0.229 e. The highest BCUT2D eigenvalue weighted by molar-refractivity contribution is 7.99. The number of amides is 1. The first-order valence-electron chi connectivity index (χ1n) is 9.79. The zero-order chi connectivity index (χ0) is 21.8. The molecule has 158 valence electrons. The second-order valence-corrected chi connectivity index (χ2v) is 9.70. The second kappa shape index (κ2) is 9.81. The largest absolute Gasteiger partial charge is 0.284 e. The van der Waals surface area contributed by atoms with E-state index in [-0.39, 0.29) is 11.7 Å². The van der Waals surface area contributed by atoms with Crippen molar-refractivity contribution in [3.05, 3.63) is 88.7 Å². The quantitative estimate of drug-likeness (QED) is 0.270. The predicted molar refractivity (Wildman–Crippen MR) is 129 cm³/mol. The number of thioether (sulfide) groups is 1. The van der Waals surface area contributed by atoms with Crippen LogP contribution in [0, 0.1) is 12.7 Å². The molecule has 0 aliphatic heterocycles. The van der Waals surface area contributed by atoms with Crippen molar-refractivity contribution >= 4 is 56.0 Å². The van der Waals surface area contributed by atoms with Gasteiger partial charge < -0.3 is 0 Å². The van der Waals surface area contributed by atoms with Crippen LogP contribution < -0.4 is 4.90 Å². The van der Waals surface area contributed by atoms with Crippen molar-refractivity contribution in [2.75, 3.05) is 10.7 Å². The Morgan fingerprint density at radius 2 is 1.87 bits per heavy atom. The topological polar surface area (TPSA) is 33.2 Å². The molecular formula is C24H20ClFN2OS2. The molecule has 0 aliphatic rings. The van der Waals surface area contributed by atoms with Gasteiger partial charge in [-0.05, 0) is 54.4 Å². The monoisotopic (exact) mass is 470 g/mol. The lowest BCUT2D eigenvalue weighted by molar-refractivity contribution is -0.118. The van der Waals surface area contributed by atoms with E-state index >= 15 is 0 Å². The van der Waals surface area contributed by atoms with Crippen LogP contribution in [0.5, 0.6) is 0 Å². The van der Waals surface area contributed by atoms with Gasteiger partial charge in [-0.2, -0.15) is 0 Å². The molecule has 0 spiro atoms. The number of thiazole rings is 1. The van der Waals surface area contributed by atoms with E-state index < -0.39 is 0 Å². The zero-order valence-corrected chi connectivity index (χ0v) is 19.2. The number of aromatic nitrogens is 1. The average molecular weight is 471 g/mol. The average Bonchev–Trinajstić information content (AvgIpc) is 3.18. The van der Waals surface area contributed by atoms with Crippen LogP contribution in [0.1, 0.15) is 17.5 Å². The van der Waals surface area contributed by atoms with Gasteiger partial charge in [-0.15, -0.1) is 11.8 Å². The number of fused-ring (bicyclic) bond motifs is 1. The Hall–Kier alpha value is -2.41. The van der Waals surface area contributed by atoms with Crippen molar-refractivity contribution in [2.24, 2.45) is 0 Å². The highest BCUT2D eigenvalue weighted by Crippen LogP contribution is 2.34. The number of carbonyl (C=O) groups excluding carboxylic acids is 1. The van der Waals surface area contributed by atoms with Crippen LogP contribution in [-0.4, -0.2) is 16.6 Å². The Balaban J connectivity index is 1.55. The number of hydrogen-bond donors (Lipinski definition) is 0. The molecule has 3 nitrogen and oxygen atoms in total. The third-order valence-corrected chi connectivity index (χ3v) is 7.01. The van der Waals surface area contributed by atoms with Crippen molar-refractivity contribution in [3.63, 3.8) is 0 Å². The number of aryl methyl sites for hydroxylation is 1. The van der Waals surface area contributed by atoms with Crippen LogP contribution in [0.3, 0.4) is 0 Å². The normalized spacial score (nSPS) is 11.1. The summed E-state index contributed by atoms with van der Waals surface area (Å²) in [7, 11) is 0. The van der Waals surface area contributed by atoms with Gasteiger partial charge in [-0.25, -0.2) is 9.37 Å². The third kappa shape index (κ3) is 5.45. The molecule has 4 rings (SSSR count). The highest BCUT2D eigenvalue weighted by atomic mass is 35.5. The fraction of sp³-hybridized carbons (Fsp3) is 0.167. The molecule has 1 heterocycles. The number of nitrogens with zero attached hydrogens (tertiary/aromatic N) is 2. The summed E-state index contributed by atoms with van der Waals surface area (Å²) in [5, 5.41) is 1.33. The van der Waals surface area contributed by atoms with Crippen LogP contribution in [0.25, 0.3) is 10.2 Å².